The van der Waals surface area contributed by atoms with E-state index < -0.39 is 23.3 Å². The summed E-state index contributed by atoms with van der Waals surface area (Å²) in [7, 11) is 8.27. The van der Waals surface area contributed by atoms with Crippen LogP contribution in [0.25, 0.3) is 0 Å². The molecule has 1 amide bonds. The number of unbranched alkanes of at least 4 members (excludes halogenated alkanes) is 28. The summed E-state index contributed by atoms with van der Waals surface area (Å²) >= 11 is 0. The van der Waals surface area contributed by atoms with Crippen LogP contribution in [0.3, 0.4) is 0 Å². The van der Waals surface area contributed by atoms with Crippen LogP contribution in [0.1, 0.15) is 330 Å². The second kappa shape index (κ2) is 58.5. The number of ether oxygens (including phenoxy) is 3. The average molecular weight is 1220 g/mol. The minimum atomic E-state index is -1.94. The minimum absolute atomic E-state index is 0.104. The number of hydrogen-bond acceptors (Lipinski definition) is 9. The van der Waals surface area contributed by atoms with E-state index in [-0.39, 0.29) is 38.2 Å². The first-order valence-corrected chi connectivity index (χ1v) is 36.4. The molecule has 86 heavy (non-hydrogen) atoms. The molecule has 0 heterocycles. The molecule has 1 aromatic carbocycles. The van der Waals surface area contributed by atoms with E-state index in [2.05, 4.69) is 70.8 Å². The van der Waals surface area contributed by atoms with Gasteiger partial charge >= 0.3 is 18.0 Å². The normalized spacial score (nSPS) is 13.7. The molecule has 0 aliphatic carbocycles. The Hall–Kier alpha value is -2.83. The Labute approximate surface area is 530 Å². The monoisotopic (exact) mass is 1220 g/mol. The smallest absolute Gasteiger partial charge is 0.410 e. The summed E-state index contributed by atoms with van der Waals surface area (Å²) in [4.78, 5) is 46.1. The van der Waals surface area contributed by atoms with E-state index in [0.29, 0.717) is 51.3 Å². The summed E-state index contributed by atoms with van der Waals surface area (Å²) in [6.45, 7) is 17.2. The van der Waals surface area contributed by atoms with E-state index >= 15 is 8.78 Å². The molecular weight excluding hydrogens is 1080 g/mol. The fraction of sp³-hybridized carbons (Fsp3) is 0.878. The Bertz CT molecular complexity index is 1660. The molecule has 12 heteroatoms. The number of esters is 2. The van der Waals surface area contributed by atoms with E-state index in [0.717, 1.165) is 154 Å². The molecule has 0 aliphatic rings. The quantitative estimate of drug-likeness (QED) is 0.0388. The van der Waals surface area contributed by atoms with Gasteiger partial charge in [-0.05, 0) is 137 Å². The number of rotatable bonds is 60. The largest absolute Gasteiger partial charge is 0.463 e. The molecule has 4 unspecified atom stereocenters. The summed E-state index contributed by atoms with van der Waals surface area (Å²) in [6, 6.07) is 9.93. The van der Waals surface area contributed by atoms with E-state index in [1.807, 2.05) is 49.3 Å². The number of carbonyl (C=O) groups excluding carboxylic acids is 3. The van der Waals surface area contributed by atoms with Crippen molar-refractivity contribution in [2.75, 3.05) is 67.6 Å². The Morgan fingerprint density at radius 2 is 0.779 bits per heavy atom. The molecule has 0 saturated carbocycles. The van der Waals surface area contributed by atoms with E-state index in [9.17, 15) is 14.4 Å². The molecule has 0 aliphatic heterocycles. The Morgan fingerprint density at radius 3 is 1.20 bits per heavy atom. The molecule has 0 fully saturated rings. The summed E-state index contributed by atoms with van der Waals surface area (Å²) in [6.07, 6.45) is 43.7. The molecule has 1 N–H and O–H groups in total. The summed E-state index contributed by atoms with van der Waals surface area (Å²) in [5, 5.41) is 3.69. The van der Waals surface area contributed by atoms with Crippen LogP contribution in [0.4, 0.5) is 13.6 Å². The van der Waals surface area contributed by atoms with Crippen molar-refractivity contribution in [1.82, 2.24) is 20.0 Å². The van der Waals surface area contributed by atoms with E-state index in [1.54, 1.807) is 0 Å². The first-order chi connectivity index (χ1) is 41.7. The topological polar surface area (TPSA) is 101 Å². The van der Waals surface area contributed by atoms with Crippen molar-refractivity contribution in [3.05, 3.63) is 35.9 Å². The summed E-state index contributed by atoms with van der Waals surface area (Å²) in [5.41, 5.74) is -2.81. The third kappa shape index (κ3) is 47.2. The maximum absolute atomic E-state index is 16.3. The first kappa shape index (κ1) is 83.2. The van der Waals surface area contributed by atoms with Crippen molar-refractivity contribution in [3.63, 3.8) is 0 Å². The minimum Gasteiger partial charge on any atom is -0.463 e. The van der Waals surface area contributed by atoms with Gasteiger partial charge < -0.3 is 34.2 Å². The van der Waals surface area contributed by atoms with Crippen LogP contribution in [0.5, 0.6) is 0 Å². The van der Waals surface area contributed by atoms with Gasteiger partial charge in [0.2, 0.25) is 11.3 Å². The highest BCUT2D eigenvalue weighted by atomic mass is 19.1. The number of carbonyl (C=O) groups is 3. The predicted molar refractivity (Wildman–Crippen MR) is 363 cm³/mol. The van der Waals surface area contributed by atoms with Crippen LogP contribution in [-0.4, -0.2) is 124 Å². The van der Waals surface area contributed by atoms with Gasteiger partial charge in [-0.1, -0.05) is 264 Å². The molecule has 4 atom stereocenters. The van der Waals surface area contributed by atoms with Crippen LogP contribution < -0.4 is 5.32 Å². The van der Waals surface area contributed by atoms with Gasteiger partial charge in [-0.25, -0.2) is 23.2 Å². The summed E-state index contributed by atoms with van der Waals surface area (Å²) in [5.74, 6) is -1.32. The van der Waals surface area contributed by atoms with Crippen LogP contribution in [0.2, 0.25) is 0 Å². The molecule has 506 valence electrons. The van der Waals surface area contributed by atoms with E-state index in [4.69, 9.17) is 14.2 Å². The van der Waals surface area contributed by atoms with Gasteiger partial charge in [0.25, 0.3) is 0 Å². The SMILES string of the molecule is CCCCCCCCCC(CCOC(=O)C(F)(CCCCCC)CCCCCCCC)N(CCCN(C)C)C(=O)OCc1ccccc1.CCCCCCCCCC(CCOC(=O)C(F)(CCCCCC)CCCCCCCC)NCCCN(C)C. The molecule has 10 nitrogen and oxygen atoms in total. The number of benzene rings is 1. The predicted octanol–water partition coefficient (Wildman–Crippen LogP) is 20.8. The highest BCUT2D eigenvalue weighted by molar-refractivity contribution is 5.79. The van der Waals surface area contributed by atoms with Crippen LogP contribution >= 0.6 is 0 Å². The zero-order valence-corrected chi connectivity index (χ0v) is 58.2. The lowest BCUT2D eigenvalue weighted by Crippen LogP contribution is -2.43. The van der Waals surface area contributed by atoms with Crippen molar-refractivity contribution < 1.29 is 37.4 Å². The molecule has 0 saturated heterocycles. The van der Waals surface area contributed by atoms with Crippen molar-refractivity contribution in [2.24, 2.45) is 0 Å². The number of nitrogens with one attached hydrogen (secondary N) is 1. The highest BCUT2D eigenvalue weighted by Gasteiger charge is 2.40. The van der Waals surface area contributed by atoms with Gasteiger partial charge in [-0.2, -0.15) is 0 Å². The lowest BCUT2D eigenvalue weighted by molar-refractivity contribution is -0.160. The van der Waals surface area contributed by atoms with Crippen molar-refractivity contribution in [1.29, 1.82) is 0 Å². The van der Waals surface area contributed by atoms with Crippen molar-refractivity contribution >= 4 is 18.0 Å². The standard InChI is InChI=1S/C41H73FN2O4.C33H67FN2O2/c1-6-9-12-15-17-18-23-29-38(44(34-26-33-43(4)5)40(46)48-36-37-27-21-20-22-28-37)30-35-47-39(45)41(42,31-24-14-11-8-3)32-25-19-16-13-10-7-2;1-6-9-12-15-17-18-20-24-31(35-28-23-29-36(4)5)25-30-38-32(37)33(34,26-21-14-11-8-3)27-22-19-16-13-10-7-2/h20-22,27-28,38H,6-19,23-26,29-36H2,1-5H3;31,35H,6-30H2,1-5H3. The number of nitrogens with zero attached hydrogens (tertiary/aromatic N) is 3. The number of alkyl halides is 2. The van der Waals surface area contributed by atoms with Crippen LogP contribution in [-0.2, 0) is 30.4 Å². The third-order valence-corrected chi connectivity index (χ3v) is 17.2. The average Bonchev–Trinajstić information content (AvgIpc) is 3.20. The summed E-state index contributed by atoms with van der Waals surface area (Å²) < 4.78 is 49.5. The maximum atomic E-state index is 16.3. The van der Waals surface area contributed by atoms with Gasteiger partial charge in [0.15, 0.2) is 0 Å². The fourth-order valence-corrected chi connectivity index (χ4v) is 11.5. The Morgan fingerprint density at radius 1 is 0.419 bits per heavy atom. The lowest BCUT2D eigenvalue weighted by atomic mass is 9.91. The van der Waals surface area contributed by atoms with Crippen molar-refractivity contribution in [3.8, 4) is 0 Å². The van der Waals surface area contributed by atoms with E-state index in [1.165, 1.54) is 109 Å². The zero-order chi connectivity index (χ0) is 63.6. The molecular formula is C74H140F2N4O6. The lowest BCUT2D eigenvalue weighted by Gasteiger charge is -2.32. The number of hydrogen-bond donors (Lipinski definition) is 1. The fourth-order valence-electron chi connectivity index (χ4n) is 11.5. The first-order valence-electron chi connectivity index (χ1n) is 36.4. The van der Waals surface area contributed by atoms with Gasteiger partial charge in [-0.3, -0.25) is 0 Å². The van der Waals surface area contributed by atoms with Crippen LogP contribution in [0, 0.1) is 0 Å². The van der Waals surface area contributed by atoms with Gasteiger partial charge in [0, 0.05) is 25.0 Å². The van der Waals surface area contributed by atoms with Crippen molar-refractivity contribution in [2.45, 2.75) is 354 Å². The number of amides is 1. The molecule has 0 bridgehead atoms. The highest BCUT2D eigenvalue weighted by Crippen LogP contribution is 2.31. The Kier molecular flexibility index (Phi) is 56.6. The van der Waals surface area contributed by atoms with Crippen LogP contribution in [0.15, 0.2) is 30.3 Å². The molecule has 0 spiro atoms. The number of halogens is 2. The molecule has 1 aromatic rings. The Balaban J connectivity index is 0.00000173. The zero-order valence-electron chi connectivity index (χ0n) is 58.2. The van der Waals surface area contributed by atoms with Gasteiger partial charge in [0.05, 0.1) is 13.2 Å². The molecule has 1 rings (SSSR count). The molecule has 0 radical (unpaired) electrons. The maximum Gasteiger partial charge on any atom is 0.410 e. The van der Waals surface area contributed by atoms with Gasteiger partial charge in [-0.15, -0.1) is 0 Å². The second-order valence-electron chi connectivity index (χ2n) is 26.1. The molecule has 0 aromatic heterocycles. The third-order valence-electron chi connectivity index (χ3n) is 17.2. The second-order valence-corrected chi connectivity index (χ2v) is 26.1. The van der Waals surface area contributed by atoms with Gasteiger partial charge in [0.1, 0.15) is 6.61 Å².